The molecule has 2 aromatic rings. The zero-order chi connectivity index (χ0) is 14.9. The fourth-order valence-corrected chi connectivity index (χ4v) is 3.31. The third-order valence-corrected chi connectivity index (χ3v) is 4.63. The van der Waals surface area contributed by atoms with Crippen LogP contribution in [0.25, 0.3) is 0 Å². The Bertz CT molecular complexity index is 637. The van der Waals surface area contributed by atoms with Crippen LogP contribution in [0.3, 0.4) is 0 Å². The van der Waals surface area contributed by atoms with Gasteiger partial charge >= 0.3 is 0 Å². The molecule has 8 heteroatoms. The SMILES string of the molecule is Oc1cc(Br)c(OOc2cc(Br)c(O)cc2Br)c(Br)c1. The van der Waals surface area contributed by atoms with Crippen molar-refractivity contribution in [3.05, 3.63) is 42.2 Å². The molecule has 0 unspecified atom stereocenters. The zero-order valence-corrected chi connectivity index (χ0v) is 15.9. The van der Waals surface area contributed by atoms with Crippen molar-refractivity contribution >= 4 is 63.7 Å². The quantitative estimate of drug-likeness (QED) is 0.403. The van der Waals surface area contributed by atoms with Crippen molar-refractivity contribution in [2.75, 3.05) is 0 Å². The van der Waals surface area contributed by atoms with Gasteiger partial charge in [0.25, 0.3) is 0 Å². The highest BCUT2D eigenvalue weighted by molar-refractivity contribution is 9.11. The van der Waals surface area contributed by atoms with Crippen LogP contribution in [0.4, 0.5) is 0 Å². The van der Waals surface area contributed by atoms with Gasteiger partial charge in [-0.25, -0.2) is 0 Å². The van der Waals surface area contributed by atoms with E-state index in [2.05, 4.69) is 63.7 Å². The molecule has 0 fully saturated rings. The molecule has 20 heavy (non-hydrogen) atoms. The average Bonchev–Trinajstić information content (AvgIpc) is 2.33. The first-order valence-electron chi connectivity index (χ1n) is 5.09. The molecular formula is C12H6Br4O4. The first-order valence-corrected chi connectivity index (χ1v) is 8.26. The van der Waals surface area contributed by atoms with E-state index < -0.39 is 0 Å². The third-order valence-electron chi connectivity index (χ3n) is 2.20. The van der Waals surface area contributed by atoms with Gasteiger partial charge in [-0.2, -0.15) is 0 Å². The second-order valence-electron chi connectivity index (χ2n) is 3.64. The molecule has 2 N–H and O–H groups in total. The lowest BCUT2D eigenvalue weighted by atomic mass is 10.3. The second-order valence-corrected chi connectivity index (χ2v) is 7.06. The molecule has 2 aromatic carbocycles. The number of phenols is 2. The molecule has 0 aliphatic rings. The van der Waals surface area contributed by atoms with Gasteiger partial charge in [0.05, 0.1) is 17.9 Å². The van der Waals surface area contributed by atoms with Crippen molar-refractivity contribution in [1.82, 2.24) is 0 Å². The Morgan fingerprint density at radius 1 is 0.700 bits per heavy atom. The van der Waals surface area contributed by atoms with Gasteiger partial charge in [0.15, 0.2) is 5.75 Å². The number of aromatic hydroxyl groups is 2. The first-order chi connectivity index (χ1) is 9.38. The minimum Gasteiger partial charge on any atom is -0.508 e. The number of benzene rings is 2. The molecule has 0 atom stereocenters. The summed E-state index contributed by atoms with van der Waals surface area (Å²) in [6.07, 6.45) is 0. The topological polar surface area (TPSA) is 58.9 Å². The molecule has 0 saturated heterocycles. The molecule has 0 heterocycles. The maximum absolute atomic E-state index is 9.51. The second kappa shape index (κ2) is 6.55. The number of phenolic OH excluding ortho intramolecular Hbond substituents is 2. The van der Waals surface area contributed by atoms with E-state index in [1.807, 2.05) is 0 Å². The van der Waals surface area contributed by atoms with Gasteiger partial charge in [0, 0.05) is 6.07 Å². The van der Waals surface area contributed by atoms with Crippen molar-refractivity contribution in [2.45, 2.75) is 0 Å². The largest absolute Gasteiger partial charge is 0.508 e. The monoisotopic (exact) mass is 530 g/mol. The number of rotatable bonds is 3. The Morgan fingerprint density at radius 3 is 1.90 bits per heavy atom. The molecule has 0 aliphatic carbocycles. The molecule has 0 aromatic heterocycles. The Hall–Kier alpha value is -0.440. The van der Waals surface area contributed by atoms with Crippen LogP contribution in [-0.4, -0.2) is 10.2 Å². The van der Waals surface area contributed by atoms with Crippen LogP contribution in [0.15, 0.2) is 42.2 Å². The Morgan fingerprint density at radius 2 is 1.30 bits per heavy atom. The van der Waals surface area contributed by atoms with E-state index in [1.165, 1.54) is 18.2 Å². The lowest BCUT2D eigenvalue weighted by molar-refractivity contribution is -0.102. The normalized spacial score (nSPS) is 10.4. The van der Waals surface area contributed by atoms with E-state index in [0.29, 0.717) is 29.4 Å². The molecule has 4 nitrogen and oxygen atoms in total. The van der Waals surface area contributed by atoms with Crippen LogP contribution in [0, 0.1) is 0 Å². The average molecular weight is 534 g/mol. The third kappa shape index (κ3) is 3.60. The van der Waals surface area contributed by atoms with Gasteiger partial charge in [-0.3, -0.25) is 9.78 Å². The summed E-state index contributed by atoms with van der Waals surface area (Å²) >= 11 is 13.0. The van der Waals surface area contributed by atoms with Gasteiger partial charge in [-0.1, -0.05) is 0 Å². The first kappa shape index (κ1) is 15.9. The highest BCUT2D eigenvalue weighted by Crippen LogP contribution is 2.39. The van der Waals surface area contributed by atoms with Crippen molar-refractivity contribution in [3.63, 3.8) is 0 Å². The minimum atomic E-state index is 0.0798. The summed E-state index contributed by atoms with van der Waals surface area (Å²) in [5, 5.41) is 18.9. The molecule has 0 amide bonds. The van der Waals surface area contributed by atoms with Crippen LogP contribution >= 0.6 is 63.7 Å². The molecule has 0 spiro atoms. The van der Waals surface area contributed by atoms with Crippen LogP contribution in [0.1, 0.15) is 0 Å². The summed E-state index contributed by atoms with van der Waals surface area (Å²) < 4.78 is 2.06. The van der Waals surface area contributed by atoms with Crippen LogP contribution in [0.2, 0.25) is 0 Å². The summed E-state index contributed by atoms with van der Waals surface area (Å²) in [5.74, 6) is 0.918. The lowest BCUT2D eigenvalue weighted by Crippen LogP contribution is -2.02. The number of halogens is 4. The fourth-order valence-electron chi connectivity index (χ4n) is 1.29. The van der Waals surface area contributed by atoms with Gasteiger partial charge in [0.1, 0.15) is 11.5 Å². The predicted octanol–water partition coefficient (Wildman–Crippen LogP) is 5.52. The molecule has 0 radical (unpaired) electrons. The Balaban J connectivity index is 2.23. The molecule has 0 saturated carbocycles. The summed E-state index contributed by atoms with van der Waals surface area (Å²) in [6.45, 7) is 0. The highest BCUT2D eigenvalue weighted by atomic mass is 79.9. The van der Waals surface area contributed by atoms with Crippen LogP contribution in [0.5, 0.6) is 23.0 Å². The number of hydrogen-bond acceptors (Lipinski definition) is 4. The van der Waals surface area contributed by atoms with E-state index in [-0.39, 0.29) is 11.5 Å². The Kier molecular flexibility index (Phi) is 5.22. The molecule has 0 aliphatic heterocycles. The summed E-state index contributed by atoms with van der Waals surface area (Å²) in [7, 11) is 0. The Labute approximate surface area is 148 Å². The minimum absolute atomic E-state index is 0.0798. The molecule has 106 valence electrons. The lowest BCUT2D eigenvalue weighted by Gasteiger charge is -2.11. The van der Waals surface area contributed by atoms with E-state index in [0.717, 1.165) is 0 Å². The fraction of sp³-hybridized carbons (Fsp3) is 0. The van der Waals surface area contributed by atoms with E-state index in [9.17, 15) is 10.2 Å². The van der Waals surface area contributed by atoms with Crippen molar-refractivity contribution in [2.24, 2.45) is 0 Å². The van der Waals surface area contributed by atoms with Gasteiger partial charge in [-0.15, -0.1) is 0 Å². The van der Waals surface area contributed by atoms with Gasteiger partial charge in [0.2, 0.25) is 5.75 Å². The summed E-state index contributed by atoms with van der Waals surface area (Å²) in [6, 6.07) is 5.99. The van der Waals surface area contributed by atoms with Crippen molar-refractivity contribution in [3.8, 4) is 23.0 Å². The van der Waals surface area contributed by atoms with E-state index in [1.54, 1.807) is 6.07 Å². The smallest absolute Gasteiger partial charge is 0.207 e. The van der Waals surface area contributed by atoms with Crippen molar-refractivity contribution < 1.29 is 20.0 Å². The predicted molar refractivity (Wildman–Crippen MR) is 88.3 cm³/mol. The van der Waals surface area contributed by atoms with Crippen molar-refractivity contribution in [1.29, 1.82) is 0 Å². The highest BCUT2D eigenvalue weighted by Gasteiger charge is 2.13. The molecular weight excluding hydrogens is 528 g/mol. The van der Waals surface area contributed by atoms with E-state index >= 15 is 0 Å². The van der Waals surface area contributed by atoms with Crippen LogP contribution < -0.4 is 9.78 Å². The summed E-state index contributed by atoms with van der Waals surface area (Å²) in [4.78, 5) is 10.5. The van der Waals surface area contributed by atoms with Gasteiger partial charge in [-0.05, 0) is 81.9 Å². The number of hydrogen-bond donors (Lipinski definition) is 2. The molecule has 2 rings (SSSR count). The standard InChI is InChI=1S/C12H6Br4O4/c13-6-4-11(7(14)3-10(6)18)19-20-12-8(15)1-5(17)2-9(12)16/h1-4,17-18H. The maximum atomic E-state index is 9.51. The van der Waals surface area contributed by atoms with Gasteiger partial charge < -0.3 is 10.2 Å². The van der Waals surface area contributed by atoms with E-state index in [4.69, 9.17) is 9.78 Å². The van der Waals surface area contributed by atoms with Crippen LogP contribution in [-0.2, 0) is 0 Å². The summed E-state index contributed by atoms with van der Waals surface area (Å²) in [5.41, 5.74) is 0. The zero-order valence-electron chi connectivity index (χ0n) is 9.53. The maximum Gasteiger partial charge on any atom is 0.207 e. The molecule has 0 bridgehead atoms.